The highest BCUT2D eigenvalue weighted by atomic mass is 32.2. The number of benzene rings is 2. The van der Waals surface area contributed by atoms with Crippen molar-refractivity contribution in [2.75, 3.05) is 22.8 Å². The third-order valence-corrected chi connectivity index (χ3v) is 6.18. The molecule has 0 spiro atoms. The molecule has 142 valence electrons. The Morgan fingerprint density at radius 3 is 2.74 bits per heavy atom. The Bertz CT molecular complexity index is 938. The molecule has 2 aromatic rings. The van der Waals surface area contributed by atoms with E-state index in [0.29, 0.717) is 18.8 Å². The molecular formula is C20H22N2O4S. The van der Waals surface area contributed by atoms with Crippen LogP contribution in [0, 0.1) is 0 Å². The number of ether oxygens (including phenoxy) is 1. The van der Waals surface area contributed by atoms with E-state index in [1.165, 1.54) is 0 Å². The van der Waals surface area contributed by atoms with Gasteiger partial charge in [0, 0.05) is 18.8 Å². The molecule has 0 bridgehead atoms. The van der Waals surface area contributed by atoms with Crippen LogP contribution in [0.15, 0.2) is 48.5 Å². The zero-order valence-electron chi connectivity index (χ0n) is 14.9. The highest BCUT2D eigenvalue weighted by Gasteiger charge is 2.33. The molecule has 1 amide bonds. The molecule has 27 heavy (non-hydrogen) atoms. The minimum absolute atomic E-state index is 0.0319. The van der Waals surface area contributed by atoms with Crippen molar-refractivity contribution in [2.24, 2.45) is 0 Å². The molecule has 2 aliphatic rings. The second kappa shape index (κ2) is 7.32. The molecule has 0 radical (unpaired) electrons. The maximum atomic E-state index is 12.7. The lowest BCUT2D eigenvalue weighted by Crippen LogP contribution is -2.37. The van der Waals surface area contributed by atoms with E-state index < -0.39 is 10.0 Å². The Balaban J connectivity index is 1.52. The molecule has 0 saturated carbocycles. The van der Waals surface area contributed by atoms with Crippen LogP contribution in [-0.4, -0.2) is 33.6 Å². The first-order chi connectivity index (χ1) is 13.0. The summed E-state index contributed by atoms with van der Waals surface area (Å²) in [5.74, 6) is -0.126. The first-order valence-corrected chi connectivity index (χ1v) is 10.8. The van der Waals surface area contributed by atoms with Crippen molar-refractivity contribution in [1.82, 2.24) is 0 Å². The van der Waals surface area contributed by atoms with E-state index in [9.17, 15) is 13.2 Å². The monoisotopic (exact) mass is 386 g/mol. The average molecular weight is 386 g/mol. The lowest BCUT2D eigenvalue weighted by atomic mass is 10.1. The van der Waals surface area contributed by atoms with E-state index in [0.717, 1.165) is 36.1 Å². The van der Waals surface area contributed by atoms with Crippen LogP contribution in [0.25, 0.3) is 0 Å². The minimum Gasteiger partial charge on any atom is -0.368 e. The Hall–Kier alpha value is -2.38. The van der Waals surface area contributed by atoms with E-state index in [4.69, 9.17) is 4.74 Å². The highest BCUT2D eigenvalue weighted by Crippen LogP contribution is 2.33. The number of nitrogens with one attached hydrogen (secondary N) is 1. The van der Waals surface area contributed by atoms with Crippen LogP contribution in [0.1, 0.15) is 24.0 Å². The molecule has 2 heterocycles. The summed E-state index contributed by atoms with van der Waals surface area (Å²) in [4.78, 5) is 14.4. The van der Waals surface area contributed by atoms with Crippen molar-refractivity contribution in [1.29, 1.82) is 0 Å². The summed E-state index contributed by atoms with van der Waals surface area (Å²) in [5, 5.41) is 0. The number of nitrogens with zero attached hydrogens (tertiary/aromatic N) is 1. The number of anilines is 2. The summed E-state index contributed by atoms with van der Waals surface area (Å²) >= 11 is 0. The zero-order valence-corrected chi connectivity index (χ0v) is 15.7. The number of hydrogen-bond donors (Lipinski definition) is 1. The van der Waals surface area contributed by atoms with Gasteiger partial charge >= 0.3 is 0 Å². The average Bonchev–Trinajstić information content (AvgIpc) is 3.31. The van der Waals surface area contributed by atoms with Crippen molar-refractivity contribution < 1.29 is 17.9 Å². The largest absolute Gasteiger partial charge is 0.368 e. The molecular weight excluding hydrogens is 364 g/mol. The van der Waals surface area contributed by atoms with E-state index in [1.807, 2.05) is 24.3 Å². The molecule has 1 saturated heterocycles. The van der Waals surface area contributed by atoms with Crippen LogP contribution in [0.2, 0.25) is 0 Å². The molecule has 1 N–H and O–H groups in total. The van der Waals surface area contributed by atoms with Gasteiger partial charge < -0.3 is 9.64 Å². The Labute approximate surface area is 159 Å². The predicted molar refractivity (Wildman–Crippen MR) is 104 cm³/mol. The van der Waals surface area contributed by atoms with Gasteiger partial charge in [-0.3, -0.25) is 9.52 Å². The first-order valence-electron chi connectivity index (χ1n) is 9.12. The molecule has 6 nitrogen and oxygen atoms in total. The van der Waals surface area contributed by atoms with Gasteiger partial charge in [-0.2, -0.15) is 0 Å². The van der Waals surface area contributed by atoms with Gasteiger partial charge in [0.05, 0.1) is 11.4 Å². The summed E-state index contributed by atoms with van der Waals surface area (Å²) in [6, 6.07) is 14.4. The third-order valence-electron chi connectivity index (χ3n) is 4.92. The number of fused-ring (bicyclic) bond motifs is 1. The summed E-state index contributed by atoms with van der Waals surface area (Å²) in [7, 11) is -3.54. The van der Waals surface area contributed by atoms with Crippen molar-refractivity contribution in [3.63, 3.8) is 0 Å². The Kier molecular flexibility index (Phi) is 4.88. The van der Waals surface area contributed by atoms with E-state index in [1.54, 1.807) is 29.2 Å². The van der Waals surface area contributed by atoms with E-state index in [-0.39, 0.29) is 17.8 Å². The molecule has 0 aromatic heterocycles. The molecule has 2 aromatic carbocycles. The molecule has 2 aliphatic heterocycles. The Morgan fingerprint density at radius 1 is 1.19 bits per heavy atom. The fourth-order valence-corrected chi connectivity index (χ4v) is 4.82. The fraction of sp³-hybridized carbons (Fsp3) is 0.350. The maximum absolute atomic E-state index is 12.7. The second-order valence-electron chi connectivity index (χ2n) is 6.93. The molecule has 1 atom stereocenters. The van der Waals surface area contributed by atoms with Crippen LogP contribution < -0.4 is 9.62 Å². The predicted octanol–water partition coefficient (Wildman–Crippen LogP) is 2.70. The summed E-state index contributed by atoms with van der Waals surface area (Å²) < 4.78 is 33.1. The topological polar surface area (TPSA) is 75.7 Å². The lowest BCUT2D eigenvalue weighted by Gasteiger charge is -2.21. The van der Waals surface area contributed by atoms with Gasteiger partial charge in [-0.1, -0.05) is 36.4 Å². The zero-order chi connectivity index (χ0) is 18.9. The lowest BCUT2D eigenvalue weighted by molar-refractivity contribution is -0.127. The number of sulfonamides is 1. The number of hydrogen-bond acceptors (Lipinski definition) is 4. The van der Waals surface area contributed by atoms with Crippen LogP contribution >= 0.6 is 0 Å². The smallest absolute Gasteiger partial charge is 0.256 e. The van der Waals surface area contributed by atoms with Crippen molar-refractivity contribution in [3.8, 4) is 0 Å². The van der Waals surface area contributed by atoms with Crippen LogP contribution in [0.5, 0.6) is 0 Å². The molecule has 1 fully saturated rings. The first kappa shape index (κ1) is 18.0. The number of carbonyl (C=O) groups excluding carboxylic acids is 1. The van der Waals surface area contributed by atoms with Crippen molar-refractivity contribution in [2.45, 2.75) is 31.1 Å². The van der Waals surface area contributed by atoms with Gasteiger partial charge in [0.25, 0.3) is 5.91 Å². The summed E-state index contributed by atoms with van der Waals surface area (Å²) in [6.07, 6.45) is 2.03. The SMILES string of the molecule is O=C([C@H]1CCCO1)N1CCc2ccc(NS(=O)(=O)Cc3ccccc3)cc21. The van der Waals surface area contributed by atoms with Gasteiger partial charge in [-0.05, 0) is 42.5 Å². The third kappa shape index (κ3) is 3.99. The Morgan fingerprint density at radius 2 is 2.00 bits per heavy atom. The highest BCUT2D eigenvalue weighted by molar-refractivity contribution is 7.91. The number of amides is 1. The summed E-state index contributed by atoms with van der Waals surface area (Å²) in [5.41, 5.74) is 3.01. The second-order valence-corrected chi connectivity index (χ2v) is 8.65. The number of rotatable bonds is 5. The molecule has 0 aliphatic carbocycles. The van der Waals surface area contributed by atoms with Gasteiger partial charge in [-0.25, -0.2) is 8.42 Å². The van der Waals surface area contributed by atoms with Gasteiger partial charge in [0.1, 0.15) is 6.10 Å². The maximum Gasteiger partial charge on any atom is 0.256 e. The molecule has 0 unspecified atom stereocenters. The van der Waals surface area contributed by atoms with Gasteiger partial charge in [-0.15, -0.1) is 0 Å². The quantitative estimate of drug-likeness (QED) is 0.857. The van der Waals surface area contributed by atoms with Crippen molar-refractivity contribution in [3.05, 3.63) is 59.7 Å². The van der Waals surface area contributed by atoms with E-state index in [2.05, 4.69) is 4.72 Å². The van der Waals surface area contributed by atoms with Gasteiger partial charge in [0.2, 0.25) is 10.0 Å². The standard InChI is InChI=1S/C20H22N2O4S/c23-20(19-7-4-12-26-19)22-11-10-16-8-9-17(13-18(16)22)21-27(24,25)14-15-5-2-1-3-6-15/h1-3,5-6,8-9,13,19,21H,4,7,10-12,14H2/t19-/m1/s1. The molecule has 4 rings (SSSR count). The minimum atomic E-state index is -3.54. The fourth-order valence-electron chi connectivity index (χ4n) is 3.63. The van der Waals surface area contributed by atoms with Crippen molar-refractivity contribution >= 4 is 27.3 Å². The normalized spacial score (nSPS) is 19.1. The summed E-state index contributed by atoms with van der Waals surface area (Å²) in [6.45, 7) is 1.23. The van der Waals surface area contributed by atoms with Crippen LogP contribution in [0.4, 0.5) is 11.4 Å². The van der Waals surface area contributed by atoms with Crippen LogP contribution in [0.3, 0.4) is 0 Å². The molecule has 7 heteroatoms. The van der Waals surface area contributed by atoms with E-state index >= 15 is 0 Å². The number of carbonyl (C=O) groups is 1. The van der Waals surface area contributed by atoms with Crippen LogP contribution in [-0.2, 0) is 31.7 Å². The van der Waals surface area contributed by atoms with Gasteiger partial charge in [0.15, 0.2) is 0 Å².